The second-order valence-electron chi connectivity index (χ2n) is 7.52. The number of thiophene rings is 1. The van der Waals surface area contributed by atoms with Crippen molar-refractivity contribution in [2.75, 3.05) is 11.1 Å². The smallest absolute Gasteiger partial charge is 0.235 e. The number of aromatic nitrogens is 4. The van der Waals surface area contributed by atoms with E-state index in [1.54, 1.807) is 29.8 Å². The van der Waals surface area contributed by atoms with E-state index in [4.69, 9.17) is 0 Å². The molecular formula is C23H24N6OS2. The minimum Gasteiger partial charge on any atom is -0.316 e. The van der Waals surface area contributed by atoms with E-state index in [-0.39, 0.29) is 11.7 Å². The zero-order chi connectivity index (χ0) is 22.3. The van der Waals surface area contributed by atoms with E-state index >= 15 is 0 Å². The van der Waals surface area contributed by atoms with Crippen molar-refractivity contribution < 1.29 is 4.79 Å². The molecule has 1 amide bonds. The number of amides is 1. The van der Waals surface area contributed by atoms with Crippen molar-refractivity contribution in [1.82, 2.24) is 19.7 Å². The summed E-state index contributed by atoms with van der Waals surface area (Å²) in [5.41, 5.74) is 2.62. The van der Waals surface area contributed by atoms with Crippen molar-refractivity contribution in [2.24, 2.45) is 0 Å². The fourth-order valence-electron chi connectivity index (χ4n) is 3.82. The van der Waals surface area contributed by atoms with Gasteiger partial charge in [0, 0.05) is 29.4 Å². The average Bonchev–Trinajstić information content (AvgIpc) is 3.33. The Bertz CT molecular complexity index is 1150. The molecule has 0 fully saturated rings. The summed E-state index contributed by atoms with van der Waals surface area (Å²) >= 11 is 2.87. The molecule has 0 unspecified atom stereocenters. The molecule has 1 N–H and O–H groups in total. The molecule has 0 saturated heterocycles. The maximum Gasteiger partial charge on any atom is 0.235 e. The van der Waals surface area contributed by atoms with Crippen molar-refractivity contribution in [3.63, 3.8) is 0 Å². The Kier molecular flexibility index (Phi) is 7.35. The number of anilines is 1. The fourth-order valence-corrected chi connectivity index (χ4v) is 5.82. The van der Waals surface area contributed by atoms with Gasteiger partial charge in [0.2, 0.25) is 5.91 Å². The first-order valence-corrected chi connectivity index (χ1v) is 12.4. The summed E-state index contributed by atoms with van der Waals surface area (Å²) in [6.07, 6.45) is 11.8. The van der Waals surface area contributed by atoms with Gasteiger partial charge < -0.3 is 5.32 Å². The Balaban J connectivity index is 1.47. The SMILES string of the molecule is C=CCn1c(SCC(=O)Nc2sc3c(c2C#N)CCCCCC3)nnc1-c1cccnc1. The molecule has 0 aliphatic heterocycles. The predicted octanol–water partition coefficient (Wildman–Crippen LogP) is 4.85. The zero-order valence-electron chi connectivity index (χ0n) is 17.7. The molecule has 1 aliphatic rings. The van der Waals surface area contributed by atoms with Gasteiger partial charge in [-0.2, -0.15) is 5.26 Å². The van der Waals surface area contributed by atoms with Crippen LogP contribution in [0.2, 0.25) is 0 Å². The number of pyridine rings is 1. The summed E-state index contributed by atoms with van der Waals surface area (Å²) in [5.74, 6) is 0.706. The highest BCUT2D eigenvalue weighted by molar-refractivity contribution is 7.99. The summed E-state index contributed by atoms with van der Waals surface area (Å²) in [7, 11) is 0. The Morgan fingerprint density at radius 2 is 2.16 bits per heavy atom. The highest BCUT2D eigenvalue weighted by Crippen LogP contribution is 2.36. The van der Waals surface area contributed by atoms with Gasteiger partial charge in [0.15, 0.2) is 11.0 Å². The van der Waals surface area contributed by atoms with Gasteiger partial charge in [0.05, 0.1) is 11.3 Å². The number of aryl methyl sites for hydroxylation is 1. The molecule has 7 nitrogen and oxygen atoms in total. The first-order valence-electron chi connectivity index (χ1n) is 10.6. The largest absolute Gasteiger partial charge is 0.316 e. The number of carbonyl (C=O) groups is 1. The number of fused-ring (bicyclic) bond motifs is 1. The van der Waals surface area contributed by atoms with Gasteiger partial charge in [-0.3, -0.25) is 14.3 Å². The lowest BCUT2D eigenvalue weighted by Crippen LogP contribution is -2.14. The molecule has 0 aromatic carbocycles. The number of nitrogens with zero attached hydrogens (tertiary/aromatic N) is 5. The number of carbonyl (C=O) groups excluding carboxylic acids is 1. The molecule has 0 saturated carbocycles. The Morgan fingerprint density at radius 1 is 1.31 bits per heavy atom. The van der Waals surface area contributed by atoms with Crippen LogP contribution >= 0.6 is 23.1 Å². The summed E-state index contributed by atoms with van der Waals surface area (Å²) < 4.78 is 1.92. The van der Waals surface area contributed by atoms with E-state index in [9.17, 15) is 10.1 Å². The van der Waals surface area contributed by atoms with Gasteiger partial charge in [-0.05, 0) is 43.4 Å². The Hall–Kier alpha value is -2.96. The first-order chi connectivity index (χ1) is 15.7. The molecular weight excluding hydrogens is 440 g/mol. The predicted molar refractivity (Wildman–Crippen MR) is 128 cm³/mol. The van der Waals surface area contributed by atoms with Gasteiger partial charge in [0.25, 0.3) is 0 Å². The number of thioether (sulfide) groups is 1. The summed E-state index contributed by atoms with van der Waals surface area (Å²) in [5, 5.41) is 22.6. The summed E-state index contributed by atoms with van der Waals surface area (Å²) in [6.45, 7) is 4.34. The van der Waals surface area contributed by atoms with Gasteiger partial charge in [-0.15, -0.1) is 28.1 Å². The van der Waals surface area contributed by atoms with Crippen LogP contribution in [0, 0.1) is 11.3 Å². The first kappa shape index (κ1) is 22.2. The number of rotatable bonds is 7. The van der Waals surface area contributed by atoms with Crippen LogP contribution in [-0.2, 0) is 24.2 Å². The van der Waals surface area contributed by atoms with Crippen molar-refractivity contribution in [3.8, 4) is 17.5 Å². The lowest BCUT2D eigenvalue weighted by Gasteiger charge is -2.09. The van der Waals surface area contributed by atoms with Crippen molar-refractivity contribution in [2.45, 2.75) is 50.2 Å². The average molecular weight is 465 g/mol. The highest BCUT2D eigenvalue weighted by atomic mass is 32.2. The normalized spacial score (nSPS) is 13.5. The van der Waals surface area contributed by atoms with Crippen LogP contribution in [0.15, 0.2) is 42.3 Å². The third-order valence-electron chi connectivity index (χ3n) is 5.32. The third-order valence-corrected chi connectivity index (χ3v) is 7.49. The molecule has 1 aliphatic carbocycles. The molecule has 3 heterocycles. The number of hydrogen-bond acceptors (Lipinski definition) is 7. The van der Waals surface area contributed by atoms with E-state index < -0.39 is 0 Å². The van der Waals surface area contributed by atoms with E-state index in [0.29, 0.717) is 28.1 Å². The fraction of sp³-hybridized carbons (Fsp3) is 0.348. The van der Waals surface area contributed by atoms with Crippen LogP contribution in [0.3, 0.4) is 0 Å². The number of allylic oxidation sites excluding steroid dienone is 1. The molecule has 0 bridgehead atoms. The quantitative estimate of drug-likeness (QED) is 0.397. The van der Waals surface area contributed by atoms with Crippen LogP contribution in [0.4, 0.5) is 5.00 Å². The molecule has 0 radical (unpaired) electrons. The molecule has 3 aromatic rings. The lowest BCUT2D eigenvalue weighted by molar-refractivity contribution is -0.113. The molecule has 0 atom stereocenters. The zero-order valence-corrected chi connectivity index (χ0v) is 19.3. The topological polar surface area (TPSA) is 96.5 Å². The summed E-state index contributed by atoms with van der Waals surface area (Å²) in [4.78, 5) is 18.1. The van der Waals surface area contributed by atoms with Gasteiger partial charge in [0.1, 0.15) is 11.1 Å². The lowest BCUT2D eigenvalue weighted by atomic mass is 9.97. The molecule has 32 heavy (non-hydrogen) atoms. The minimum atomic E-state index is -0.156. The second-order valence-corrected chi connectivity index (χ2v) is 9.57. The third kappa shape index (κ3) is 4.92. The molecule has 4 rings (SSSR count). The Morgan fingerprint density at radius 3 is 2.91 bits per heavy atom. The summed E-state index contributed by atoms with van der Waals surface area (Å²) in [6, 6.07) is 6.09. The van der Waals surface area contributed by atoms with Crippen LogP contribution in [0.5, 0.6) is 0 Å². The molecule has 164 valence electrons. The number of nitriles is 1. The van der Waals surface area contributed by atoms with E-state index in [0.717, 1.165) is 36.8 Å². The van der Waals surface area contributed by atoms with Gasteiger partial charge >= 0.3 is 0 Å². The van der Waals surface area contributed by atoms with Crippen molar-refractivity contribution in [3.05, 3.63) is 53.2 Å². The highest BCUT2D eigenvalue weighted by Gasteiger charge is 2.21. The monoisotopic (exact) mass is 464 g/mol. The number of hydrogen-bond donors (Lipinski definition) is 1. The minimum absolute atomic E-state index is 0.156. The van der Waals surface area contributed by atoms with E-state index in [1.165, 1.54) is 29.5 Å². The molecule has 3 aromatic heterocycles. The van der Waals surface area contributed by atoms with Crippen LogP contribution in [0.25, 0.3) is 11.4 Å². The Labute approximate surface area is 195 Å². The van der Waals surface area contributed by atoms with Crippen molar-refractivity contribution >= 4 is 34.0 Å². The molecule has 0 spiro atoms. The van der Waals surface area contributed by atoms with Crippen LogP contribution in [0.1, 0.15) is 41.7 Å². The van der Waals surface area contributed by atoms with E-state index in [2.05, 4.69) is 33.1 Å². The molecule has 9 heteroatoms. The second kappa shape index (κ2) is 10.6. The van der Waals surface area contributed by atoms with Crippen LogP contribution in [-0.4, -0.2) is 31.4 Å². The standard InChI is InChI=1S/C23H24N6OS2/c1-2-12-29-21(16-8-7-11-25-14-16)27-28-23(29)31-15-20(30)26-22-18(13-24)17-9-5-3-4-6-10-19(17)32-22/h2,7-8,11,14H,1,3-6,9-10,12,15H2,(H,26,30). The maximum absolute atomic E-state index is 12.7. The van der Waals surface area contributed by atoms with Gasteiger partial charge in [-0.1, -0.05) is 30.7 Å². The van der Waals surface area contributed by atoms with Gasteiger partial charge in [-0.25, -0.2) is 0 Å². The number of nitrogens with one attached hydrogen (secondary N) is 1. The maximum atomic E-state index is 12.7. The van der Waals surface area contributed by atoms with Crippen molar-refractivity contribution in [1.29, 1.82) is 5.26 Å². The van der Waals surface area contributed by atoms with Crippen LogP contribution < -0.4 is 5.32 Å². The van der Waals surface area contributed by atoms with E-state index in [1.807, 2.05) is 16.7 Å².